The van der Waals surface area contributed by atoms with Gasteiger partial charge in [0.05, 0.1) is 11.4 Å². The first-order chi connectivity index (χ1) is 18.1. The number of imidazole rings is 1. The largest absolute Gasteiger partial charge is 0.340 e. The summed E-state index contributed by atoms with van der Waals surface area (Å²) in [5, 5.41) is 0.715. The quantitative estimate of drug-likeness (QED) is 0.279. The fourth-order valence-corrected chi connectivity index (χ4v) is 5.35. The van der Waals surface area contributed by atoms with E-state index >= 15 is 0 Å². The van der Waals surface area contributed by atoms with Crippen molar-refractivity contribution in [3.05, 3.63) is 82.6 Å². The number of aromatic nitrogens is 2. The topological polar surface area (TPSA) is 40.9 Å². The average Bonchev–Trinajstić information content (AvgIpc) is 3.23. The van der Waals surface area contributed by atoms with Crippen LogP contribution in [0.15, 0.2) is 60.8 Å². The number of rotatable bonds is 5. The van der Waals surface area contributed by atoms with E-state index in [1.54, 1.807) is 0 Å². The maximum atomic E-state index is 12.8. The molecule has 2 aromatic heterocycles. The molecule has 198 valence electrons. The van der Waals surface area contributed by atoms with E-state index in [1.165, 1.54) is 22.3 Å². The van der Waals surface area contributed by atoms with Crippen LogP contribution in [0.3, 0.4) is 0 Å². The summed E-state index contributed by atoms with van der Waals surface area (Å²) in [4.78, 5) is 22.3. The summed E-state index contributed by atoms with van der Waals surface area (Å²) in [6.45, 7) is 14.6. The fraction of sp³-hybridized carbons (Fsp3) is 0.375. The van der Waals surface area contributed by atoms with Crippen LogP contribution in [0.25, 0.3) is 28.0 Å². The third-order valence-corrected chi connectivity index (χ3v) is 7.57. The lowest BCUT2D eigenvalue weighted by molar-refractivity contribution is -0.134. The zero-order valence-electron chi connectivity index (χ0n) is 23.1. The van der Waals surface area contributed by atoms with Crippen molar-refractivity contribution in [1.82, 2.24) is 19.2 Å². The molecule has 4 aromatic rings. The molecule has 0 unspecified atom stereocenters. The highest BCUT2D eigenvalue weighted by Gasteiger charge is 2.26. The predicted molar refractivity (Wildman–Crippen MR) is 156 cm³/mol. The normalized spacial score (nSPS) is 14.8. The van der Waals surface area contributed by atoms with Gasteiger partial charge in [-0.3, -0.25) is 9.69 Å². The van der Waals surface area contributed by atoms with E-state index in [-0.39, 0.29) is 11.3 Å². The van der Waals surface area contributed by atoms with Crippen LogP contribution in [-0.2, 0) is 11.3 Å². The summed E-state index contributed by atoms with van der Waals surface area (Å²) in [5.41, 5.74) is 9.05. The summed E-state index contributed by atoms with van der Waals surface area (Å²) < 4.78 is 2.25. The van der Waals surface area contributed by atoms with Gasteiger partial charge in [0.15, 0.2) is 0 Å². The maximum absolute atomic E-state index is 12.8. The van der Waals surface area contributed by atoms with Crippen LogP contribution in [0.2, 0.25) is 5.02 Å². The smallest absolute Gasteiger partial charge is 0.223 e. The molecule has 2 aromatic carbocycles. The Kier molecular flexibility index (Phi) is 7.34. The number of halogens is 1. The zero-order chi connectivity index (χ0) is 27.0. The second-order valence-corrected chi connectivity index (χ2v) is 12.2. The molecule has 3 heterocycles. The number of fused-ring (bicyclic) bond motifs is 1. The molecule has 1 aliphatic rings. The Morgan fingerprint density at radius 2 is 1.61 bits per heavy atom. The van der Waals surface area contributed by atoms with Crippen LogP contribution < -0.4 is 0 Å². The van der Waals surface area contributed by atoms with Gasteiger partial charge in [0.1, 0.15) is 5.65 Å². The number of amides is 1. The second-order valence-electron chi connectivity index (χ2n) is 11.8. The maximum Gasteiger partial charge on any atom is 0.223 e. The molecule has 5 rings (SSSR count). The number of nitrogens with zero attached hydrogens (tertiary/aromatic N) is 4. The molecule has 1 saturated heterocycles. The highest BCUT2D eigenvalue weighted by atomic mass is 35.5. The Morgan fingerprint density at radius 1 is 0.921 bits per heavy atom. The third-order valence-electron chi connectivity index (χ3n) is 7.32. The number of hydrogen-bond acceptors (Lipinski definition) is 3. The molecule has 38 heavy (non-hydrogen) atoms. The minimum Gasteiger partial charge on any atom is -0.340 e. The zero-order valence-corrected chi connectivity index (χ0v) is 23.8. The number of benzene rings is 2. The van der Waals surface area contributed by atoms with Gasteiger partial charge in [0.2, 0.25) is 5.91 Å². The molecule has 1 amide bonds. The van der Waals surface area contributed by atoms with E-state index in [1.807, 2.05) is 29.2 Å². The molecule has 1 fully saturated rings. The van der Waals surface area contributed by atoms with E-state index < -0.39 is 0 Å². The molecule has 5 nitrogen and oxygen atoms in total. The van der Waals surface area contributed by atoms with Crippen LogP contribution in [0.1, 0.15) is 44.0 Å². The molecule has 0 bridgehead atoms. The average molecular weight is 529 g/mol. The van der Waals surface area contributed by atoms with Gasteiger partial charge in [-0.25, -0.2) is 4.98 Å². The molecule has 6 heteroatoms. The molecule has 1 aliphatic heterocycles. The van der Waals surface area contributed by atoms with Gasteiger partial charge in [-0.2, -0.15) is 0 Å². The molecule has 0 spiro atoms. The molecule has 0 saturated carbocycles. The minimum absolute atomic E-state index is 0.00552. The minimum atomic E-state index is 0.00552. The number of piperazine rings is 1. The van der Waals surface area contributed by atoms with Gasteiger partial charge in [-0.05, 0) is 60.2 Å². The Labute approximate surface area is 231 Å². The molecular weight excluding hydrogens is 492 g/mol. The van der Waals surface area contributed by atoms with Crippen molar-refractivity contribution < 1.29 is 4.79 Å². The standard InChI is InChI=1S/C32H37ClN4O/c1-22-6-7-23(2)27(18-22)25-10-13-29-34-31(24-8-11-26(33)12-9-24)28(37(29)20-25)21-35-14-16-36(17-15-35)30(38)19-32(3,4)5/h6-13,18,20H,14-17,19,21H2,1-5H3. The second kappa shape index (κ2) is 10.5. The number of carbonyl (C=O) groups is 1. The van der Waals surface area contributed by atoms with Crippen molar-refractivity contribution in [2.24, 2.45) is 5.41 Å². The summed E-state index contributed by atoms with van der Waals surface area (Å²) >= 11 is 6.20. The van der Waals surface area contributed by atoms with Crippen molar-refractivity contribution >= 4 is 23.2 Å². The van der Waals surface area contributed by atoms with Gasteiger partial charge < -0.3 is 9.30 Å². The third kappa shape index (κ3) is 5.79. The fourth-order valence-electron chi connectivity index (χ4n) is 5.22. The Hall–Kier alpha value is -3.15. The van der Waals surface area contributed by atoms with E-state index in [2.05, 4.69) is 80.4 Å². The first-order valence-electron chi connectivity index (χ1n) is 13.4. The molecule has 0 radical (unpaired) electrons. The summed E-state index contributed by atoms with van der Waals surface area (Å²) in [6, 6.07) is 18.8. The number of pyridine rings is 1. The predicted octanol–water partition coefficient (Wildman–Crippen LogP) is 7.02. The van der Waals surface area contributed by atoms with Gasteiger partial charge in [0, 0.05) is 55.9 Å². The summed E-state index contributed by atoms with van der Waals surface area (Å²) in [6.07, 6.45) is 2.81. The highest BCUT2D eigenvalue weighted by Crippen LogP contribution is 2.31. The van der Waals surface area contributed by atoms with Crippen molar-refractivity contribution in [1.29, 1.82) is 0 Å². The summed E-state index contributed by atoms with van der Waals surface area (Å²) in [5.74, 6) is 0.256. The van der Waals surface area contributed by atoms with Crippen LogP contribution in [0.4, 0.5) is 0 Å². The van der Waals surface area contributed by atoms with Gasteiger partial charge in [0.25, 0.3) is 0 Å². The molecular formula is C32H37ClN4O. The van der Waals surface area contributed by atoms with Gasteiger partial charge in [-0.15, -0.1) is 0 Å². The van der Waals surface area contributed by atoms with Crippen LogP contribution in [-0.4, -0.2) is 51.3 Å². The lowest BCUT2D eigenvalue weighted by Gasteiger charge is -2.36. The van der Waals surface area contributed by atoms with Crippen LogP contribution >= 0.6 is 11.6 Å². The highest BCUT2D eigenvalue weighted by molar-refractivity contribution is 6.30. The summed E-state index contributed by atoms with van der Waals surface area (Å²) in [7, 11) is 0. The van der Waals surface area contributed by atoms with Crippen molar-refractivity contribution in [2.75, 3.05) is 26.2 Å². The lowest BCUT2D eigenvalue weighted by Crippen LogP contribution is -2.49. The Morgan fingerprint density at radius 3 is 2.29 bits per heavy atom. The lowest BCUT2D eigenvalue weighted by atomic mass is 9.91. The monoisotopic (exact) mass is 528 g/mol. The number of hydrogen-bond donors (Lipinski definition) is 0. The number of aryl methyl sites for hydroxylation is 2. The van der Waals surface area contributed by atoms with E-state index in [0.717, 1.165) is 55.3 Å². The molecule has 0 aliphatic carbocycles. The first kappa shape index (κ1) is 26.5. The van der Waals surface area contributed by atoms with E-state index in [0.29, 0.717) is 11.4 Å². The number of carbonyl (C=O) groups excluding carboxylic acids is 1. The molecule has 0 atom stereocenters. The first-order valence-corrected chi connectivity index (χ1v) is 13.8. The Bertz CT molecular complexity index is 1460. The van der Waals surface area contributed by atoms with Gasteiger partial charge >= 0.3 is 0 Å². The SMILES string of the molecule is Cc1ccc(C)c(-c2ccc3nc(-c4ccc(Cl)cc4)c(CN4CCN(C(=O)CC(C)(C)C)CC4)n3c2)c1. The van der Waals surface area contributed by atoms with Gasteiger partial charge in [-0.1, -0.05) is 68.3 Å². The van der Waals surface area contributed by atoms with Crippen molar-refractivity contribution in [3.8, 4) is 22.4 Å². The van der Waals surface area contributed by atoms with Crippen molar-refractivity contribution in [3.63, 3.8) is 0 Å². The molecule has 0 N–H and O–H groups in total. The Balaban J connectivity index is 1.48. The van der Waals surface area contributed by atoms with Crippen LogP contribution in [0.5, 0.6) is 0 Å². The van der Waals surface area contributed by atoms with Crippen LogP contribution in [0, 0.1) is 19.3 Å². The van der Waals surface area contributed by atoms with E-state index in [9.17, 15) is 4.79 Å². The van der Waals surface area contributed by atoms with E-state index in [4.69, 9.17) is 16.6 Å². The van der Waals surface area contributed by atoms with Crippen molar-refractivity contribution in [2.45, 2.75) is 47.6 Å².